The summed E-state index contributed by atoms with van der Waals surface area (Å²) in [6.45, 7) is 14.7. The zero-order valence-electron chi connectivity index (χ0n) is 9.40. The Balaban J connectivity index is 2.40. The van der Waals surface area contributed by atoms with Crippen LogP contribution in [0.4, 0.5) is 0 Å². The Bertz CT molecular complexity index is 182. The minimum absolute atomic E-state index is 0.470. The lowest BCUT2D eigenvalue weighted by Crippen LogP contribution is -2.38. The minimum atomic E-state index is 0.470. The second-order valence-corrected chi connectivity index (χ2v) is 5.08. The molecule has 1 heterocycles. The summed E-state index contributed by atoms with van der Waals surface area (Å²) in [5.41, 5.74) is 1.88. The van der Waals surface area contributed by atoms with E-state index in [9.17, 15) is 0 Å². The van der Waals surface area contributed by atoms with Gasteiger partial charge in [0, 0.05) is 13.1 Å². The van der Waals surface area contributed by atoms with E-state index in [-0.39, 0.29) is 0 Å². The van der Waals surface area contributed by atoms with Crippen LogP contribution < -0.4 is 0 Å². The van der Waals surface area contributed by atoms with Gasteiger partial charge in [-0.25, -0.2) is 0 Å². The van der Waals surface area contributed by atoms with Crippen LogP contribution in [0.15, 0.2) is 12.2 Å². The summed E-state index contributed by atoms with van der Waals surface area (Å²) in [6.07, 6.45) is 3.80. The monoisotopic (exact) mass is 181 g/mol. The normalized spacial score (nSPS) is 20.7. The Morgan fingerprint density at radius 3 is 2.69 bits per heavy atom. The van der Waals surface area contributed by atoms with Crippen molar-refractivity contribution in [2.45, 2.75) is 40.0 Å². The topological polar surface area (TPSA) is 3.24 Å². The van der Waals surface area contributed by atoms with Gasteiger partial charge in [-0.2, -0.15) is 0 Å². The van der Waals surface area contributed by atoms with Gasteiger partial charge in [0.15, 0.2) is 0 Å². The molecule has 1 rings (SSSR count). The van der Waals surface area contributed by atoms with E-state index in [1.165, 1.54) is 37.9 Å². The van der Waals surface area contributed by atoms with Gasteiger partial charge in [0.05, 0.1) is 0 Å². The summed E-state index contributed by atoms with van der Waals surface area (Å²) in [6, 6.07) is 0. The lowest BCUT2D eigenvalue weighted by atomic mass is 9.89. The van der Waals surface area contributed by atoms with Crippen LogP contribution in [0, 0.1) is 5.41 Å². The van der Waals surface area contributed by atoms with E-state index in [0.717, 1.165) is 6.54 Å². The van der Waals surface area contributed by atoms with Crippen molar-refractivity contribution in [2.24, 2.45) is 5.41 Å². The molecule has 0 atom stereocenters. The maximum Gasteiger partial charge on any atom is 0.0190 e. The van der Waals surface area contributed by atoms with Crippen LogP contribution in [-0.2, 0) is 0 Å². The Morgan fingerprint density at radius 2 is 2.15 bits per heavy atom. The highest BCUT2D eigenvalue weighted by molar-refractivity contribution is 5.01. The molecule has 13 heavy (non-hydrogen) atoms. The van der Waals surface area contributed by atoms with Gasteiger partial charge < -0.3 is 0 Å². The van der Waals surface area contributed by atoms with Gasteiger partial charge in [0.2, 0.25) is 0 Å². The second-order valence-electron chi connectivity index (χ2n) is 5.08. The predicted octanol–water partition coefficient (Wildman–Crippen LogP) is 3.07. The van der Waals surface area contributed by atoms with Crippen molar-refractivity contribution in [1.82, 2.24) is 4.90 Å². The molecule has 0 amide bonds. The third-order valence-corrected chi connectivity index (χ3v) is 3.06. The Labute approximate surface area is 82.8 Å². The van der Waals surface area contributed by atoms with Gasteiger partial charge in [0.25, 0.3) is 0 Å². The van der Waals surface area contributed by atoms with Crippen molar-refractivity contribution in [1.29, 1.82) is 0 Å². The maximum absolute atomic E-state index is 4.08. The summed E-state index contributed by atoms with van der Waals surface area (Å²) in [5, 5.41) is 0. The zero-order valence-corrected chi connectivity index (χ0v) is 9.40. The first kappa shape index (κ1) is 10.8. The molecule has 1 fully saturated rings. The molecule has 0 aromatic rings. The molecule has 76 valence electrons. The lowest BCUT2D eigenvalue weighted by molar-refractivity contribution is 0.170. The number of hydrogen-bond acceptors (Lipinski definition) is 1. The van der Waals surface area contributed by atoms with E-state index in [1.807, 2.05) is 0 Å². The van der Waals surface area contributed by atoms with E-state index in [4.69, 9.17) is 0 Å². The molecule has 0 N–H and O–H groups in total. The van der Waals surface area contributed by atoms with Crippen molar-refractivity contribution in [2.75, 3.05) is 19.6 Å². The molecule has 0 aliphatic carbocycles. The van der Waals surface area contributed by atoms with Crippen LogP contribution in [0.25, 0.3) is 0 Å². The predicted molar refractivity (Wildman–Crippen MR) is 58.9 cm³/mol. The molecule has 0 aromatic carbocycles. The van der Waals surface area contributed by atoms with Gasteiger partial charge in [-0.05, 0) is 31.2 Å². The van der Waals surface area contributed by atoms with Gasteiger partial charge in [-0.3, -0.25) is 4.90 Å². The molecular formula is C12H23N. The Kier molecular flexibility index (Phi) is 3.55. The average molecular weight is 181 g/mol. The van der Waals surface area contributed by atoms with Crippen LogP contribution in [0.3, 0.4) is 0 Å². The van der Waals surface area contributed by atoms with E-state index < -0.39 is 0 Å². The standard InChI is InChI=1S/C12H23N/c1-5-12(3,4)10-13-8-6-7-11(2)9-13/h2,5-10H2,1,3-4H3. The molecular weight excluding hydrogens is 158 g/mol. The van der Waals surface area contributed by atoms with Crippen LogP contribution in [0.1, 0.15) is 40.0 Å². The number of nitrogens with zero attached hydrogens (tertiary/aromatic N) is 1. The fourth-order valence-corrected chi connectivity index (χ4v) is 1.88. The highest BCUT2D eigenvalue weighted by Crippen LogP contribution is 2.24. The SMILES string of the molecule is C=C1CCCN(CC(C)(C)CC)C1. The molecule has 1 saturated heterocycles. The van der Waals surface area contributed by atoms with E-state index in [1.54, 1.807) is 0 Å². The van der Waals surface area contributed by atoms with Crippen LogP contribution >= 0.6 is 0 Å². The molecule has 0 bridgehead atoms. The molecule has 1 aliphatic rings. The molecule has 0 unspecified atom stereocenters. The van der Waals surface area contributed by atoms with Crippen LogP contribution in [0.5, 0.6) is 0 Å². The Morgan fingerprint density at radius 1 is 1.46 bits per heavy atom. The minimum Gasteiger partial charge on any atom is -0.299 e. The smallest absolute Gasteiger partial charge is 0.0190 e. The third kappa shape index (κ3) is 3.51. The fourth-order valence-electron chi connectivity index (χ4n) is 1.88. The van der Waals surface area contributed by atoms with E-state index in [0.29, 0.717) is 5.41 Å². The van der Waals surface area contributed by atoms with Gasteiger partial charge in [0.1, 0.15) is 0 Å². The summed E-state index contributed by atoms with van der Waals surface area (Å²) in [4.78, 5) is 2.55. The molecule has 1 nitrogen and oxygen atoms in total. The molecule has 0 radical (unpaired) electrons. The second kappa shape index (κ2) is 4.28. The van der Waals surface area contributed by atoms with Crippen molar-refractivity contribution in [3.8, 4) is 0 Å². The van der Waals surface area contributed by atoms with Crippen molar-refractivity contribution in [3.63, 3.8) is 0 Å². The quantitative estimate of drug-likeness (QED) is 0.605. The maximum atomic E-state index is 4.08. The number of hydrogen-bond donors (Lipinski definition) is 0. The highest BCUT2D eigenvalue weighted by Gasteiger charge is 2.21. The molecule has 0 saturated carbocycles. The molecule has 0 aromatic heterocycles. The Hall–Kier alpha value is -0.300. The van der Waals surface area contributed by atoms with Crippen LogP contribution in [0.2, 0.25) is 0 Å². The number of rotatable bonds is 3. The largest absolute Gasteiger partial charge is 0.299 e. The lowest BCUT2D eigenvalue weighted by Gasteiger charge is -2.35. The van der Waals surface area contributed by atoms with Gasteiger partial charge in [-0.1, -0.05) is 32.9 Å². The average Bonchev–Trinajstić information content (AvgIpc) is 2.03. The molecule has 1 aliphatic heterocycles. The summed E-state index contributed by atoms with van der Waals surface area (Å²) >= 11 is 0. The van der Waals surface area contributed by atoms with Crippen molar-refractivity contribution < 1.29 is 0 Å². The number of likely N-dealkylation sites (tertiary alicyclic amines) is 1. The molecule has 0 spiro atoms. The zero-order chi connectivity index (χ0) is 9.90. The van der Waals surface area contributed by atoms with Gasteiger partial charge >= 0.3 is 0 Å². The summed E-state index contributed by atoms with van der Waals surface area (Å²) < 4.78 is 0. The highest BCUT2D eigenvalue weighted by atomic mass is 15.1. The summed E-state index contributed by atoms with van der Waals surface area (Å²) in [5.74, 6) is 0. The van der Waals surface area contributed by atoms with Crippen molar-refractivity contribution >= 4 is 0 Å². The molecule has 1 heteroatoms. The first-order valence-corrected chi connectivity index (χ1v) is 5.42. The van der Waals surface area contributed by atoms with Crippen molar-refractivity contribution in [3.05, 3.63) is 12.2 Å². The fraction of sp³-hybridized carbons (Fsp3) is 0.833. The van der Waals surface area contributed by atoms with Crippen LogP contribution in [-0.4, -0.2) is 24.5 Å². The third-order valence-electron chi connectivity index (χ3n) is 3.06. The first-order chi connectivity index (χ1) is 6.03. The first-order valence-electron chi connectivity index (χ1n) is 5.42. The van der Waals surface area contributed by atoms with Gasteiger partial charge in [-0.15, -0.1) is 0 Å². The summed E-state index contributed by atoms with van der Waals surface area (Å²) in [7, 11) is 0. The van der Waals surface area contributed by atoms with E-state index in [2.05, 4.69) is 32.3 Å². The van der Waals surface area contributed by atoms with E-state index >= 15 is 0 Å². The number of piperidine rings is 1.